The number of nitrogens with zero attached hydrogens (tertiary/aromatic N) is 2. The summed E-state index contributed by atoms with van der Waals surface area (Å²) >= 11 is 0. The van der Waals surface area contributed by atoms with E-state index in [4.69, 9.17) is 5.11 Å². The zero-order valence-electron chi connectivity index (χ0n) is 12.1. The van der Waals surface area contributed by atoms with Crippen LogP contribution in [0.4, 0.5) is 4.79 Å². The zero-order valence-corrected chi connectivity index (χ0v) is 12.1. The SMILES string of the molecule is CC1CN2CCCC2CN1C(=O)NC(=O)COCC(=O)O. The molecule has 0 bridgehead atoms. The number of imide groups is 1. The Labute approximate surface area is 123 Å². The summed E-state index contributed by atoms with van der Waals surface area (Å²) in [5.41, 5.74) is 0. The normalized spacial score (nSPS) is 25.5. The predicted octanol–water partition coefficient (Wildman–Crippen LogP) is -0.508. The predicted molar refractivity (Wildman–Crippen MR) is 72.8 cm³/mol. The van der Waals surface area contributed by atoms with Crippen LogP contribution < -0.4 is 5.32 Å². The van der Waals surface area contributed by atoms with Crippen molar-refractivity contribution < 1.29 is 24.2 Å². The molecule has 8 heteroatoms. The van der Waals surface area contributed by atoms with E-state index in [-0.39, 0.29) is 6.04 Å². The Morgan fingerprint density at radius 1 is 1.29 bits per heavy atom. The van der Waals surface area contributed by atoms with Crippen LogP contribution in [0.15, 0.2) is 0 Å². The minimum atomic E-state index is -1.15. The van der Waals surface area contributed by atoms with Crippen molar-refractivity contribution in [2.75, 3.05) is 32.8 Å². The third kappa shape index (κ3) is 4.15. The lowest BCUT2D eigenvalue weighted by atomic mass is 10.1. The van der Waals surface area contributed by atoms with Crippen LogP contribution in [0.2, 0.25) is 0 Å². The summed E-state index contributed by atoms with van der Waals surface area (Å²) in [4.78, 5) is 37.9. The smallest absolute Gasteiger partial charge is 0.329 e. The molecule has 2 unspecified atom stereocenters. The number of nitrogens with one attached hydrogen (secondary N) is 1. The molecule has 2 fully saturated rings. The summed E-state index contributed by atoms with van der Waals surface area (Å²) < 4.78 is 4.65. The summed E-state index contributed by atoms with van der Waals surface area (Å²) in [6.07, 6.45) is 2.22. The lowest BCUT2D eigenvalue weighted by Crippen LogP contribution is -2.59. The Balaban J connectivity index is 1.79. The molecule has 21 heavy (non-hydrogen) atoms. The van der Waals surface area contributed by atoms with E-state index in [2.05, 4.69) is 15.0 Å². The molecule has 0 radical (unpaired) electrons. The summed E-state index contributed by atoms with van der Waals surface area (Å²) in [6.45, 7) is 3.48. The van der Waals surface area contributed by atoms with Gasteiger partial charge in [-0.25, -0.2) is 9.59 Å². The number of carbonyl (C=O) groups is 3. The minimum Gasteiger partial charge on any atom is -0.480 e. The average molecular weight is 299 g/mol. The quantitative estimate of drug-likeness (QED) is 0.725. The van der Waals surface area contributed by atoms with Crippen LogP contribution in [-0.2, 0) is 14.3 Å². The molecule has 2 aliphatic heterocycles. The lowest BCUT2D eigenvalue weighted by Gasteiger charge is -2.42. The first kappa shape index (κ1) is 15.7. The van der Waals surface area contributed by atoms with Crippen LogP contribution in [0.3, 0.4) is 0 Å². The molecule has 0 aromatic carbocycles. The summed E-state index contributed by atoms with van der Waals surface area (Å²) in [5.74, 6) is -1.78. The maximum atomic E-state index is 12.1. The number of hydrogen-bond acceptors (Lipinski definition) is 5. The number of aliphatic carboxylic acids is 1. The van der Waals surface area contributed by atoms with Crippen LogP contribution in [-0.4, -0.2) is 77.7 Å². The molecule has 0 saturated carbocycles. The average Bonchev–Trinajstić information content (AvgIpc) is 2.84. The van der Waals surface area contributed by atoms with Gasteiger partial charge in [0.15, 0.2) is 0 Å². The molecule has 2 rings (SSSR count). The number of rotatable bonds is 4. The number of carboxylic acids is 1. The Morgan fingerprint density at radius 2 is 2.05 bits per heavy atom. The van der Waals surface area contributed by atoms with Gasteiger partial charge >= 0.3 is 12.0 Å². The number of ether oxygens (including phenoxy) is 1. The second-order valence-corrected chi connectivity index (χ2v) is 5.53. The topological polar surface area (TPSA) is 99.2 Å². The van der Waals surface area contributed by atoms with E-state index in [1.54, 1.807) is 4.90 Å². The van der Waals surface area contributed by atoms with E-state index in [1.165, 1.54) is 0 Å². The highest BCUT2D eigenvalue weighted by Crippen LogP contribution is 2.24. The molecule has 2 atom stereocenters. The van der Waals surface area contributed by atoms with Crippen molar-refractivity contribution in [3.8, 4) is 0 Å². The van der Waals surface area contributed by atoms with Gasteiger partial charge in [-0.2, -0.15) is 0 Å². The third-order valence-corrected chi connectivity index (χ3v) is 3.90. The number of hydrogen-bond donors (Lipinski definition) is 2. The van der Waals surface area contributed by atoms with E-state index in [1.807, 2.05) is 6.92 Å². The van der Waals surface area contributed by atoms with Gasteiger partial charge in [0.2, 0.25) is 0 Å². The number of carboxylic acid groups (broad SMARTS) is 1. The minimum absolute atomic E-state index is 0.0482. The van der Waals surface area contributed by atoms with E-state index in [0.717, 1.165) is 25.9 Å². The molecule has 118 valence electrons. The molecule has 2 N–H and O–H groups in total. The first-order chi connectivity index (χ1) is 9.97. The van der Waals surface area contributed by atoms with E-state index in [0.29, 0.717) is 12.6 Å². The van der Waals surface area contributed by atoms with Gasteiger partial charge in [0.1, 0.15) is 13.2 Å². The van der Waals surface area contributed by atoms with Crippen LogP contribution >= 0.6 is 0 Å². The van der Waals surface area contributed by atoms with Crippen molar-refractivity contribution in [2.45, 2.75) is 31.8 Å². The maximum Gasteiger partial charge on any atom is 0.329 e. The number of fused-ring (bicyclic) bond motifs is 1. The van der Waals surface area contributed by atoms with Gasteiger partial charge in [0, 0.05) is 25.2 Å². The molecule has 0 aromatic heterocycles. The Hall–Kier alpha value is -1.67. The molecule has 0 spiro atoms. The fraction of sp³-hybridized carbons (Fsp3) is 0.769. The van der Waals surface area contributed by atoms with Gasteiger partial charge in [0.25, 0.3) is 5.91 Å². The van der Waals surface area contributed by atoms with Crippen LogP contribution in [0, 0.1) is 0 Å². The molecule has 0 aliphatic carbocycles. The van der Waals surface area contributed by atoms with Crippen molar-refractivity contribution in [3.63, 3.8) is 0 Å². The van der Waals surface area contributed by atoms with Crippen LogP contribution in [0.25, 0.3) is 0 Å². The zero-order chi connectivity index (χ0) is 15.4. The fourth-order valence-electron chi connectivity index (χ4n) is 2.93. The van der Waals surface area contributed by atoms with Crippen molar-refractivity contribution in [2.24, 2.45) is 0 Å². The Kier molecular flexibility index (Phi) is 5.13. The number of amides is 3. The second kappa shape index (κ2) is 6.86. The van der Waals surface area contributed by atoms with Gasteiger partial charge < -0.3 is 14.7 Å². The van der Waals surface area contributed by atoms with Crippen molar-refractivity contribution in [3.05, 3.63) is 0 Å². The molecular weight excluding hydrogens is 278 g/mol. The highest BCUT2D eigenvalue weighted by molar-refractivity contribution is 5.95. The monoisotopic (exact) mass is 299 g/mol. The molecule has 2 saturated heterocycles. The highest BCUT2D eigenvalue weighted by atomic mass is 16.5. The van der Waals surface area contributed by atoms with Crippen LogP contribution in [0.1, 0.15) is 19.8 Å². The Bertz CT molecular complexity index is 428. The standard InChI is InChI=1S/C13H21N3O5/c1-9-5-15-4-2-3-10(15)6-16(9)13(20)14-11(17)7-21-8-12(18)19/h9-10H,2-8H2,1H3,(H,18,19)(H,14,17,20). The van der Waals surface area contributed by atoms with E-state index in [9.17, 15) is 14.4 Å². The fourth-order valence-corrected chi connectivity index (χ4v) is 2.93. The first-order valence-electron chi connectivity index (χ1n) is 7.11. The van der Waals surface area contributed by atoms with Crippen molar-refractivity contribution in [1.29, 1.82) is 0 Å². The first-order valence-corrected chi connectivity index (χ1v) is 7.11. The van der Waals surface area contributed by atoms with E-state index >= 15 is 0 Å². The van der Waals surface area contributed by atoms with Crippen LogP contribution in [0.5, 0.6) is 0 Å². The third-order valence-electron chi connectivity index (χ3n) is 3.90. The summed E-state index contributed by atoms with van der Waals surface area (Å²) in [7, 11) is 0. The molecule has 2 aliphatic rings. The summed E-state index contributed by atoms with van der Waals surface area (Å²) in [6, 6.07) is -0.00428. The largest absolute Gasteiger partial charge is 0.480 e. The number of urea groups is 1. The van der Waals surface area contributed by atoms with Gasteiger partial charge in [-0.05, 0) is 26.3 Å². The number of piperazine rings is 1. The molecular formula is C13H21N3O5. The second-order valence-electron chi connectivity index (χ2n) is 5.53. The van der Waals surface area contributed by atoms with E-state index < -0.39 is 31.1 Å². The Morgan fingerprint density at radius 3 is 2.76 bits per heavy atom. The summed E-state index contributed by atoms with van der Waals surface area (Å²) in [5, 5.41) is 10.6. The van der Waals surface area contributed by atoms with Gasteiger partial charge in [-0.15, -0.1) is 0 Å². The maximum absolute atomic E-state index is 12.1. The van der Waals surface area contributed by atoms with Crippen molar-refractivity contribution in [1.82, 2.24) is 15.1 Å². The van der Waals surface area contributed by atoms with Gasteiger partial charge in [-0.3, -0.25) is 15.0 Å². The van der Waals surface area contributed by atoms with Crippen molar-refractivity contribution >= 4 is 17.9 Å². The molecule has 2 heterocycles. The molecule has 3 amide bonds. The van der Waals surface area contributed by atoms with Gasteiger partial charge in [-0.1, -0.05) is 0 Å². The lowest BCUT2D eigenvalue weighted by molar-refractivity contribution is -0.143. The highest BCUT2D eigenvalue weighted by Gasteiger charge is 2.36. The van der Waals surface area contributed by atoms with Gasteiger partial charge in [0.05, 0.1) is 0 Å². The molecule has 0 aromatic rings. The number of carbonyl (C=O) groups excluding carboxylic acids is 2. The molecule has 8 nitrogen and oxygen atoms in total.